The van der Waals surface area contributed by atoms with Gasteiger partial charge in [-0.25, -0.2) is 9.78 Å². The number of benzene rings is 1. The molecule has 1 aromatic heterocycles. The molecule has 3 nitrogen and oxygen atoms in total. The number of carboxylic acids is 1. The van der Waals surface area contributed by atoms with E-state index in [0.717, 1.165) is 9.92 Å². The molecule has 2 aromatic rings. The van der Waals surface area contributed by atoms with Crippen molar-refractivity contribution in [3.05, 3.63) is 52.1 Å². The van der Waals surface area contributed by atoms with Crippen LogP contribution in [0, 0.1) is 0 Å². The summed E-state index contributed by atoms with van der Waals surface area (Å²) in [4.78, 5) is 15.6. The lowest BCUT2D eigenvalue weighted by atomic mass is 10.2. The minimum absolute atomic E-state index is 0.161. The minimum Gasteiger partial charge on any atom is -0.478 e. The minimum atomic E-state index is -1.00. The van der Waals surface area contributed by atoms with Gasteiger partial charge in [-0.2, -0.15) is 0 Å². The van der Waals surface area contributed by atoms with Gasteiger partial charge in [0.25, 0.3) is 0 Å². The smallest absolute Gasteiger partial charge is 0.335 e. The van der Waals surface area contributed by atoms with Crippen LogP contribution in [0.2, 0.25) is 10.0 Å². The van der Waals surface area contributed by atoms with Crippen molar-refractivity contribution >= 4 is 40.9 Å². The fourth-order valence-corrected chi connectivity index (χ4v) is 2.42. The van der Waals surface area contributed by atoms with Crippen LogP contribution in [0.15, 0.2) is 46.5 Å². The number of carbonyl (C=O) groups is 1. The molecule has 0 radical (unpaired) electrons. The molecule has 0 aliphatic heterocycles. The number of halogens is 2. The molecule has 0 saturated heterocycles. The summed E-state index contributed by atoms with van der Waals surface area (Å²) in [5.41, 5.74) is 0.161. The first kappa shape index (κ1) is 13.2. The molecule has 0 amide bonds. The Bertz CT molecular complexity index is 587. The predicted octanol–water partition coefficient (Wildman–Crippen LogP) is 4.24. The number of hydrogen-bond acceptors (Lipinski definition) is 3. The van der Waals surface area contributed by atoms with Crippen molar-refractivity contribution in [2.45, 2.75) is 9.92 Å². The monoisotopic (exact) mass is 299 g/mol. The van der Waals surface area contributed by atoms with Gasteiger partial charge in [0, 0.05) is 11.1 Å². The Kier molecular flexibility index (Phi) is 4.11. The fraction of sp³-hybridized carbons (Fsp3) is 0. The summed E-state index contributed by atoms with van der Waals surface area (Å²) < 4.78 is 0. The summed E-state index contributed by atoms with van der Waals surface area (Å²) in [6, 6.07) is 8.09. The van der Waals surface area contributed by atoms with Crippen LogP contribution in [0.1, 0.15) is 10.4 Å². The molecule has 0 aliphatic rings. The van der Waals surface area contributed by atoms with E-state index in [1.165, 1.54) is 23.9 Å². The highest BCUT2D eigenvalue weighted by Gasteiger charge is 2.08. The van der Waals surface area contributed by atoms with Crippen molar-refractivity contribution in [1.82, 2.24) is 4.98 Å². The molecular formula is C12H7Cl2NO2S. The summed E-state index contributed by atoms with van der Waals surface area (Å²) in [5, 5.41) is 10.5. The number of aromatic carboxylic acids is 1. The number of nitrogens with zero attached hydrogens (tertiary/aromatic N) is 1. The zero-order valence-corrected chi connectivity index (χ0v) is 11.3. The molecule has 92 valence electrons. The predicted molar refractivity (Wildman–Crippen MR) is 71.8 cm³/mol. The van der Waals surface area contributed by atoms with E-state index >= 15 is 0 Å². The van der Waals surface area contributed by atoms with Gasteiger partial charge >= 0.3 is 5.97 Å². The molecule has 1 N–H and O–H groups in total. The van der Waals surface area contributed by atoms with Gasteiger partial charge < -0.3 is 5.11 Å². The first-order valence-corrected chi connectivity index (χ1v) is 6.46. The van der Waals surface area contributed by atoms with Crippen LogP contribution in [-0.2, 0) is 0 Å². The molecule has 1 aromatic carbocycles. The second-order valence-corrected chi connectivity index (χ2v) is 5.27. The molecule has 0 fully saturated rings. The third-order valence-corrected chi connectivity index (χ3v) is 3.77. The summed E-state index contributed by atoms with van der Waals surface area (Å²) in [6.45, 7) is 0. The molecule has 0 atom stereocenters. The van der Waals surface area contributed by atoms with E-state index < -0.39 is 5.97 Å². The summed E-state index contributed by atoms with van der Waals surface area (Å²) >= 11 is 13.1. The largest absolute Gasteiger partial charge is 0.478 e. The van der Waals surface area contributed by atoms with Gasteiger partial charge in [0.2, 0.25) is 0 Å². The van der Waals surface area contributed by atoms with Crippen LogP contribution in [0.4, 0.5) is 0 Å². The summed E-state index contributed by atoms with van der Waals surface area (Å²) in [5.74, 6) is -1.00. The van der Waals surface area contributed by atoms with E-state index in [1.54, 1.807) is 24.4 Å². The normalized spacial score (nSPS) is 10.3. The summed E-state index contributed by atoms with van der Waals surface area (Å²) in [6.07, 6.45) is 1.55. The quantitative estimate of drug-likeness (QED) is 0.921. The second kappa shape index (κ2) is 5.61. The van der Waals surface area contributed by atoms with Crippen molar-refractivity contribution in [1.29, 1.82) is 0 Å². The molecule has 0 aliphatic carbocycles. The van der Waals surface area contributed by atoms with Crippen LogP contribution in [-0.4, -0.2) is 16.1 Å². The van der Waals surface area contributed by atoms with Gasteiger partial charge in [0.1, 0.15) is 5.03 Å². The highest BCUT2D eigenvalue weighted by Crippen LogP contribution is 2.33. The van der Waals surface area contributed by atoms with E-state index in [4.69, 9.17) is 28.3 Å². The number of hydrogen-bond donors (Lipinski definition) is 1. The zero-order chi connectivity index (χ0) is 13.1. The van der Waals surface area contributed by atoms with Crippen LogP contribution in [0.25, 0.3) is 0 Å². The lowest BCUT2D eigenvalue weighted by molar-refractivity contribution is 0.0697. The molecule has 0 spiro atoms. The van der Waals surface area contributed by atoms with Crippen molar-refractivity contribution in [3.8, 4) is 0 Å². The fourth-order valence-electron chi connectivity index (χ4n) is 1.25. The Hall–Kier alpha value is -1.23. The Labute approximate surface area is 118 Å². The molecule has 2 rings (SSSR count). The topological polar surface area (TPSA) is 50.2 Å². The van der Waals surface area contributed by atoms with Crippen molar-refractivity contribution in [2.24, 2.45) is 0 Å². The van der Waals surface area contributed by atoms with Crippen LogP contribution < -0.4 is 0 Å². The first-order valence-electron chi connectivity index (χ1n) is 4.88. The molecule has 0 saturated carbocycles. The Balaban J connectivity index is 2.24. The number of aromatic nitrogens is 1. The van der Waals surface area contributed by atoms with E-state index in [0.29, 0.717) is 10.0 Å². The standard InChI is InChI=1S/C12H7Cl2NO2S/c13-8-2-4-11(15-6-8)18-10-3-1-7(12(16)17)5-9(10)14/h1-6H,(H,16,17). The number of rotatable bonds is 3. The molecule has 18 heavy (non-hydrogen) atoms. The first-order chi connectivity index (χ1) is 8.56. The highest BCUT2D eigenvalue weighted by molar-refractivity contribution is 7.99. The maximum atomic E-state index is 10.8. The zero-order valence-electron chi connectivity index (χ0n) is 8.93. The van der Waals surface area contributed by atoms with E-state index in [1.807, 2.05) is 0 Å². The van der Waals surface area contributed by atoms with Gasteiger partial charge in [-0.1, -0.05) is 35.0 Å². The molecule has 0 bridgehead atoms. The van der Waals surface area contributed by atoms with E-state index in [2.05, 4.69) is 4.98 Å². The van der Waals surface area contributed by atoms with Crippen molar-refractivity contribution < 1.29 is 9.90 Å². The van der Waals surface area contributed by atoms with Gasteiger partial charge in [0.15, 0.2) is 0 Å². The maximum Gasteiger partial charge on any atom is 0.335 e. The van der Waals surface area contributed by atoms with Crippen molar-refractivity contribution in [3.63, 3.8) is 0 Å². The Morgan fingerprint density at radius 3 is 2.56 bits per heavy atom. The van der Waals surface area contributed by atoms with Gasteiger partial charge in [0.05, 0.1) is 15.6 Å². The van der Waals surface area contributed by atoms with Crippen LogP contribution >= 0.6 is 35.0 Å². The molecule has 6 heteroatoms. The number of carboxylic acid groups (broad SMARTS) is 1. The van der Waals surface area contributed by atoms with Crippen molar-refractivity contribution in [2.75, 3.05) is 0 Å². The van der Waals surface area contributed by atoms with Gasteiger partial charge in [-0.3, -0.25) is 0 Å². The third-order valence-electron chi connectivity index (χ3n) is 2.09. The van der Waals surface area contributed by atoms with Crippen LogP contribution in [0.5, 0.6) is 0 Å². The SMILES string of the molecule is O=C(O)c1ccc(Sc2ccc(Cl)cn2)c(Cl)c1. The van der Waals surface area contributed by atoms with E-state index in [9.17, 15) is 4.79 Å². The molecule has 0 unspecified atom stereocenters. The summed E-state index contributed by atoms with van der Waals surface area (Å²) in [7, 11) is 0. The second-order valence-electron chi connectivity index (χ2n) is 3.37. The average molecular weight is 300 g/mol. The molecule has 1 heterocycles. The number of pyridine rings is 1. The van der Waals surface area contributed by atoms with Gasteiger partial charge in [-0.05, 0) is 30.3 Å². The molecular weight excluding hydrogens is 293 g/mol. The highest BCUT2D eigenvalue weighted by atomic mass is 35.5. The van der Waals surface area contributed by atoms with Gasteiger partial charge in [-0.15, -0.1) is 0 Å². The van der Waals surface area contributed by atoms with Crippen LogP contribution in [0.3, 0.4) is 0 Å². The lowest BCUT2D eigenvalue weighted by Crippen LogP contribution is -1.95. The lowest BCUT2D eigenvalue weighted by Gasteiger charge is -2.04. The maximum absolute atomic E-state index is 10.8. The third kappa shape index (κ3) is 3.16. The van der Waals surface area contributed by atoms with E-state index in [-0.39, 0.29) is 5.56 Å². The average Bonchev–Trinajstić information content (AvgIpc) is 2.34. The Morgan fingerprint density at radius 2 is 2.00 bits per heavy atom. The Morgan fingerprint density at radius 1 is 1.22 bits per heavy atom.